The minimum Gasteiger partial charge on any atom is -0.494 e. The number of aromatic carboxylic acids is 2. The number of nitrogens with zero attached hydrogens (tertiary/aromatic N) is 10. The van der Waals surface area contributed by atoms with Gasteiger partial charge in [-0.15, -0.1) is 0 Å². The predicted molar refractivity (Wildman–Crippen MR) is 423 cm³/mol. The number of fused-ring (bicyclic) bond motifs is 6. The molecule has 15 rings (SSSR count). The summed E-state index contributed by atoms with van der Waals surface area (Å²) in [7, 11) is 0.309. The van der Waals surface area contributed by atoms with Gasteiger partial charge in [0.25, 0.3) is 0 Å². The third kappa shape index (κ3) is 13.9. The minimum absolute atomic E-state index is 0.119. The summed E-state index contributed by atoms with van der Waals surface area (Å²) in [6.45, 7) is 21.0. The average Bonchev–Trinajstić information content (AvgIpc) is 1.58. The fourth-order valence-electron chi connectivity index (χ4n) is 15.3. The van der Waals surface area contributed by atoms with E-state index in [9.17, 15) is 53.3 Å². The van der Waals surface area contributed by atoms with Gasteiger partial charge in [-0.1, -0.05) is 65.8 Å². The van der Waals surface area contributed by atoms with Crippen LogP contribution < -0.4 is 14.9 Å². The molecular formula is C88H78F3N10O7P. The van der Waals surface area contributed by atoms with Gasteiger partial charge in [0.1, 0.15) is 18.4 Å². The maximum Gasteiger partial charge on any atom is 0.335 e. The quantitative estimate of drug-likeness (QED) is 0.0812. The third-order valence-electron chi connectivity index (χ3n) is 20.5. The SMILES string of the molecule is COc1cc(-n2c(C(C)(C)CC#N)c(-c3ccc(C(=O)O)cc3)c3cc4c(cc32)C=NC4)ccc1F.COc1cc(-n2c(C(C)(C)CC#N)c(-c3cnc(P(C)(C)=O)c(C)c3)c3cc4c(cc32)C=NC4)ccc1F.Cc1cc(-n2c(C(C)(C)CC#N)c(-c3ccc(C(=O)O)cc3)c3cc4c(cc32)C=NC4)ccc1F. The summed E-state index contributed by atoms with van der Waals surface area (Å²) < 4.78 is 72.8. The number of hydrogen-bond donors (Lipinski definition) is 2. The standard InChI is InChI=1S/C30H30FN4O2P.C29H24FN3O3.C29H24FN3O2/c1-18-11-21(17-34-29(18)38(5,6)36)27-23-12-19-15-33-16-20(19)13-25(23)35(28(27)30(2,3)9-10-32)22-7-8-24(31)26(14-22)37-4;1-29(2,10-11-31)27-26(17-4-6-18(7-5-17)28(34)35)22-12-19-15-32-16-20(19)13-24(22)33(27)21-8-9-23(30)25(14-21)36-3;1-17-12-22(8-9-24(17)30)33-25-14-21-16-32-15-20(21)13-23(25)26(27(33)29(2,3)10-11-31)18-4-6-19(7-5-18)28(34)35/h7-8,11-14,16-17H,9,15H2,1-6H3;4-9,12-14,16H,10,15H2,1-3H3,(H,34,35);4-9,12-14,16H,10,15H2,1-3H3,(H,34,35). The molecule has 0 radical (unpaired) electrons. The topological polar surface area (TPSA) is 246 Å². The second kappa shape index (κ2) is 29.0. The first-order valence-corrected chi connectivity index (χ1v) is 37.9. The van der Waals surface area contributed by atoms with Gasteiger partial charge < -0.3 is 38.0 Å². The van der Waals surface area contributed by atoms with Gasteiger partial charge in [0, 0.05) is 145 Å². The Labute approximate surface area is 629 Å². The van der Waals surface area contributed by atoms with Crippen molar-refractivity contribution < 1.29 is 47.0 Å². The van der Waals surface area contributed by atoms with Gasteiger partial charge in [-0.05, 0) is 192 Å². The average molecular weight is 1480 g/mol. The van der Waals surface area contributed by atoms with E-state index in [0.29, 0.717) is 36.3 Å². The number of methoxy groups -OCH3 is 2. The Bertz CT molecular complexity index is 6050. The maximum atomic E-state index is 14.5. The van der Waals surface area contributed by atoms with E-state index in [1.54, 1.807) is 93.2 Å². The van der Waals surface area contributed by atoms with Crippen LogP contribution in [0.2, 0.25) is 0 Å². The van der Waals surface area contributed by atoms with Crippen LogP contribution in [0.15, 0.2) is 167 Å². The lowest BCUT2D eigenvalue weighted by molar-refractivity contribution is 0.0686. The Hall–Kier alpha value is -12.4. The van der Waals surface area contributed by atoms with Crippen molar-refractivity contribution in [2.45, 2.75) is 111 Å². The van der Waals surface area contributed by atoms with Crippen molar-refractivity contribution in [2.24, 2.45) is 15.0 Å². The summed E-state index contributed by atoms with van der Waals surface area (Å²) >= 11 is 0. The number of nitriles is 3. The molecule has 0 fully saturated rings. The molecule has 0 unspecified atom stereocenters. The molecule has 0 saturated heterocycles. The van der Waals surface area contributed by atoms with Crippen LogP contribution in [0.1, 0.15) is 143 Å². The number of halogens is 3. The van der Waals surface area contributed by atoms with Crippen molar-refractivity contribution in [3.8, 4) is 80.1 Å². The summed E-state index contributed by atoms with van der Waals surface area (Å²) in [4.78, 5) is 40.9. The molecule has 17 nitrogen and oxygen atoms in total. The van der Waals surface area contributed by atoms with Crippen LogP contribution in [-0.2, 0) is 40.4 Å². The van der Waals surface area contributed by atoms with Crippen LogP contribution in [0.3, 0.4) is 0 Å². The summed E-state index contributed by atoms with van der Waals surface area (Å²) in [5.74, 6) is -2.91. The summed E-state index contributed by atoms with van der Waals surface area (Å²) in [6, 6.07) is 49.8. The number of carbonyl (C=O) groups is 2. The van der Waals surface area contributed by atoms with Crippen molar-refractivity contribution in [2.75, 3.05) is 27.5 Å². The molecule has 0 bridgehead atoms. The monoisotopic (exact) mass is 1470 g/mol. The third-order valence-corrected chi connectivity index (χ3v) is 22.0. The van der Waals surface area contributed by atoms with Gasteiger partial charge in [0.05, 0.1) is 79.7 Å². The lowest BCUT2D eigenvalue weighted by Crippen LogP contribution is -2.22. The van der Waals surface area contributed by atoms with Gasteiger partial charge in [0.2, 0.25) is 0 Å². The second-order valence-corrected chi connectivity index (χ2v) is 33.1. The van der Waals surface area contributed by atoms with E-state index in [1.165, 1.54) is 32.4 Å². The van der Waals surface area contributed by atoms with E-state index in [1.807, 2.05) is 91.4 Å². The Balaban J connectivity index is 0.000000144. The van der Waals surface area contributed by atoms with Gasteiger partial charge in [-0.2, -0.15) is 15.8 Å². The Morgan fingerprint density at radius 3 is 1.13 bits per heavy atom. The fourth-order valence-corrected chi connectivity index (χ4v) is 16.5. The molecule has 0 saturated carbocycles. The van der Waals surface area contributed by atoms with E-state index >= 15 is 0 Å². The maximum absolute atomic E-state index is 14.5. The largest absolute Gasteiger partial charge is 0.494 e. The van der Waals surface area contributed by atoms with E-state index in [-0.39, 0.29) is 47.7 Å². The smallest absolute Gasteiger partial charge is 0.335 e. The molecule has 12 aromatic rings. The highest BCUT2D eigenvalue weighted by molar-refractivity contribution is 7.70. The van der Waals surface area contributed by atoms with Crippen LogP contribution in [0.25, 0.3) is 83.2 Å². The van der Waals surface area contributed by atoms with Crippen LogP contribution in [-0.4, -0.2) is 87.0 Å². The number of carboxylic acid groups (broad SMARTS) is 2. The first-order chi connectivity index (χ1) is 51.9. The summed E-state index contributed by atoms with van der Waals surface area (Å²) in [6.07, 6.45) is 8.13. The molecule has 2 N–H and O–H groups in total. The molecule has 0 spiro atoms. The first kappa shape index (κ1) is 74.8. The van der Waals surface area contributed by atoms with Crippen molar-refractivity contribution in [1.82, 2.24) is 18.7 Å². The van der Waals surface area contributed by atoms with Crippen molar-refractivity contribution in [3.63, 3.8) is 0 Å². The van der Waals surface area contributed by atoms with Gasteiger partial charge >= 0.3 is 11.9 Å². The molecule has 3 aliphatic rings. The Morgan fingerprint density at radius 2 is 0.817 bits per heavy atom. The van der Waals surface area contributed by atoms with Crippen LogP contribution in [0.4, 0.5) is 13.2 Å². The van der Waals surface area contributed by atoms with Gasteiger partial charge in [0.15, 0.2) is 23.1 Å². The Kier molecular flexibility index (Phi) is 19.9. The number of rotatable bonds is 17. The number of benzene rings is 8. The number of aliphatic imine (C=N–C) groups is 3. The van der Waals surface area contributed by atoms with Crippen molar-refractivity contribution >= 4 is 75.9 Å². The van der Waals surface area contributed by atoms with Crippen LogP contribution in [0.5, 0.6) is 11.5 Å². The van der Waals surface area contributed by atoms with Crippen LogP contribution in [0, 0.1) is 65.3 Å². The highest BCUT2D eigenvalue weighted by Gasteiger charge is 2.37. The van der Waals surface area contributed by atoms with Gasteiger partial charge in [-0.25, -0.2) is 22.8 Å². The molecule has 0 atom stereocenters. The molecule has 548 valence electrons. The number of hydrogen-bond acceptors (Lipinski definition) is 12. The molecule has 8 aromatic carbocycles. The summed E-state index contributed by atoms with van der Waals surface area (Å²) in [5, 5.41) is 50.9. The zero-order valence-corrected chi connectivity index (χ0v) is 63.3. The molecule has 0 amide bonds. The van der Waals surface area contributed by atoms with Crippen molar-refractivity contribution in [1.29, 1.82) is 15.8 Å². The minimum atomic E-state index is -2.56. The molecule has 4 aromatic heterocycles. The summed E-state index contributed by atoms with van der Waals surface area (Å²) in [5.41, 5.74) is 20.0. The zero-order valence-electron chi connectivity index (χ0n) is 62.4. The highest BCUT2D eigenvalue weighted by atomic mass is 31.2. The normalized spacial score (nSPS) is 12.8. The molecular weight excluding hydrogens is 1400 g/mol. The molecule has 109 heavy (non-hydrogen) atoms. The van der Waals surface area contributed by atoms with Crippen molar-refractivity contribution in [3.05, 3.63) is 242 Å². The van der Waals surface area contributed by atoms with E-state index in [0.717, 1.165) is 133 Å². The van der Waals surface area contributed by atoms with E-state index in [4.69, 9.17) is 9.47 Å². The predicted octanol–water partition coefficient (Wildman–Crippen LogP) is 19.4. The molecule has 21 heteroatoms. The molecule has 7 heterocycles. The van der Waals surface area contributed by atoms with E-state index in [2.05, 4.69) is 88.3 Å². The highest BCUT2D eigenvalue weighted by Crippen LogP contribution is 2.50. The zero-order chi connectivity index (χ0) is 77.9. The number of carboxylic acids is 2. The number of aromatic nitrogens is 4. The first-order valence-electron chi connectivity index (χ1n) is 35.3. The van der Waals surface area contributed by atoms with E-state index < -0.39 is 47.0 Å². The second-order valence-electron chi connectivity index (χ2n) is 30.0. The number of pyridine rings is 1. The lowest BCUT2D eigenvalue weighted by Gasteiger charge is -2.27. The van der Waals surface area contributed by atoms with Gasteiger partial charge in [-0.3, -0.25) is 20.0 Å². The number of aryl methyl sites for hydroxylation is 2. The lowest BCUT2D eigenvalue weighted by atomic mass is 9.81. The fraction of sp³-hybridized carbons (Fsp3) is 0.239. The number of ether oxygens (including phenoxy) is 2. The molecule has 3 aliphatic heterocycles. The molecule has 0 aliphatic carbocycles. The Morgan fingerprint density at radius 1 is 0.477 bits per heavy atom. The van der Waals surface area contributed by atoms with Crippen LogP contribution >= 0.6 is 7.14 Å².